The maximum absolute atomic E-state index is 11.8. The number of unbranched alkanes of at least 4 members (excludes halogenated alkanes) is 1. The third-order valence-electron chi connectivity index (χ3n) is 2.19. The van der Waals surface area contributed by atoms with Crippen molar-refractivity contribution in [3.63, 3.8) is 0 Å². The van der Waals surface area contributed by atoms with Gasteiger partial charge in [-0.1, -0.05) is 13.3 Å². The number of carbonyl (C=O) groups excluding carboxylic acids is 2. The smallest absolute Gasteiger partial charge is 0.312 e. The lowest BCUT2D eigenvalue weighted by Crippen LogP contribution is -2.49. The van der Waals surface area contributed by atoms with Crippen LogP contribution in [0.2, 0.25) is 0 Å². The highest BCUT2D eigenvalue weighted by Crippen LogP contribution is 1.99. The molecule has 0 aromatic heterocycles. The van der Waals surface area contributed by atoms with Gasteiger partial charge in [-0.25, -0.2) is 4.79 Å². The molecule has 0 bridgehead atoms. The highest BCUT2D eigenvalue weighted by atomic mass is 16.3. The second kappa shape index (κ2) is 7.92. The molecule has 0 saturated carbocycles. The van der Waals surface area contributed by atoms with E-state index in [1.165, 1.54) is 4.90 Å². The Labute approximate surface area is 95.8 Å². The number of hydrogen-bond donors (Lipinski definition) is 3. The van der Waals surface area contributed by atoms with Crippen LogP contribution < -0.4 is 11.1 Å². The summed E-state index contributed by atoms with van der Waals surface area (Å²) in [5.74, 6) is -0.221. The van der Waals surface area contributed by atoms with E-state index in [2.05, 4.69) is 5.32 Å². The van der Waals surface area contributed by atoms with Crippen LogP contribution in [0.15, 0.2) is 0 Å². The molecule has 0 heterocycles. The topological polar surface area (TPSA) is 95.7 Å². The number of rotatable bonds is 7. The summed E-state index contributed by atoms with van der Waals surface area (Å²) in [6, 6.07) is -1.37. The van der Waals surface area contributed by atoms with Crippen LogP contribution in [0.4, 0.5) is 4.79 Å². The number of primary amides is 1. The molecular formula is C10H21N3O3. The van der Waals surface area contributed by atoms with Crippen molar-refractivity contribution in [3.05, 3.63) is 0 Å². The fourth-order valence-corrected chi connectivity index (χ4v) is 1.35. The van der Waals surface area contributed by atoms with Crippen molar-refractivity contribution in [1.82, 2.24) is 10.2 Å². The van der Waals surface area contributed by atoms with Crippen molar-refractivity contribution in [1.29, 1.82) is 0 Å². The number of urea groups is 1. The first kappa shape index (κ1) is 14.7. The lowest BCUT2D eigenvalue weighted by Gasteiger charge is -2.25. The average Bonchev–Trinajstić information content (AvgIpc) is 2.22. The number of amides is 3. The Kier molecular flexibility index (Phi) is 7.28. The number of nitrogens with zero attached hydrogens (tertiary/aromatic N) is 1. The van der Waals surface area contributed by atoms with Gasteiger partial charge in [-0.15, -0.1) is 0 Å². The molecule has 0 saturated heterocycles. The normalized spacial score (nSPS) is 11.9. The molecule has 3 amide bonds. The van der Waals surface area contributed by atoms with Crippen molar-refractivity contribution in [2.75, 3.05) is 19.7 Å². The Morgan fingerprint density at radius 2 is 2.06 bits per heavy atom. The van der Waals surface area contributed by atoms with E-state index in [1.54, 1.807) is 6.92 Å². The number of aliphatic hydroxyl groups is 1. The van der Waals surface area contributed by atoms with Gasteiger partial charge in [0.15, 0.2) is 0 Å². The molecule has 0 aliphatic heterocycles. The molecule has 0 fully saturated rings. The van der Waals surface area contributed by atoms with Gasteiger partial charge in [0.1, 0.15) is 6.04 Å². The number of nitrogens with one attached hydrogen (secondary N) is 1. The van der Waals surface area contributed by atoms with Gasteiger partial charge >= 0.3 is 6.03 Å². The van der Waals surface area contributed by atoms with Crippen LogP contribution in [0, 0.1) is 0 Å². The van der Waals surface area contributed by atoms with E-state index in [1.807, 2.05) is 6.92 Å². The summed E-state index contributed by atoms with van der Waals surface area (Å²) in [4.78, 5) is 24.0. The Morgan fingerprint density at radius 3 is 2.50 bits per heavy atom. The predicted molar refractivity (Wildman–Crippen MR) is 60.8 cm³/mol. The van der Waals surface area contributed by atoms with E-state index in [0.29, 0.717) is 6.54 Å². The maximum atomic E-state index is 11.8. The highest BCUT2D eigenvalue weighted by Gasteiger charge is 2.20. The van der Waals surface area contributed by atoms with Crippen LogP contribution in [0.5, 0.6) is 0 Å². The van der Waals surface area contributed by atoms with Crippen LogP contribution >= 0.6 is 0 Å². The lowest BCUT2D eigenvalue weighted by molar-refractivity contribution is -0.133. The fourth-order valence-electron chi connectivity index (χ4n) is 1.35. The van der Waals surface area contributed by atoms with Gasteiger partial charge in [-0.2, -0.15) is 0 Å². The monoisotopic (exact) mass is 231 g/mol. The Balaban J connectivity index is 4.28. The van der Waals surface area contributed by atoms with Crippen molar-refractivity contribution in [3.8, 4) is 0 Å². The molecule has 6 heteroatoms. The molecule has 16 heavy (non-hydrogen) atoms. The second-order valence-electron chi connectivity index (χ2n) is 3.63. The number of carbonyl (C=O) groups is 2. The third kappa shape index (κ3) is 5.55. The molecule has 0 aliphatic rings. The van der Waals surface area contributed by atoms with Crippen LogP contribution in [-0.2, 0) is 4.79 Å². The molecule has 0 aliphatic carbocycles. The lowest BCUT2D eigenvalue weighted by atomic mass is 10.2. The molecule has 0 radical (unpaired) electrons. The highest BCUT2D eigenvalue weighted by molar-refractivity contribution is 5.86. The molecule has 0 aromatic carbocycles. The van der Waals surface area contributed by atoms with Crippen LogP contribution in [0.25, 0.3) is 0 Å². The number of aliphatic hydroxyl groups excluding tert-OH is 1. The Morgan fingerprint density at radius 1 is 1.44 bits per heavy atom. The molecule has 4 N–H and O–H groups in total. The summed E-state index contributed by atoms with van der Waals surface area (Å²) in [5, 5.41) is 11.2. The summed E-state index contributed by atoms with van der Waals surface area (Å²) in [5.41, 5.74) is 4.94. The molecular weight excluding hydrogens is 210 g/mol. The average molecular weight is 231 g/mol. The van der Waals surface area contributed by atoms with Crippen LogP contribution in [0.3, 0.4) is 0 Å². The molecule has 94 valence electrons. The summed E-state index contributed by atoms with van der Waals surface area (Å²) >= 11 is 0. The molecule has 0 aromatic rings. The summed E-state index contributed by atoms with van der Waals surface area (Å²) in [6.07, 6.45) is 1.84. The van der Waals surface area contributed by atoms with Crippen LogP contribution in [0.1, 0.15) is 26.7 Å². The van der Waals surface area contributed by atoms with Gasteiger partial charge in [0, 0.05) is 13.1 Å². The SMILES string of the molecule is CCCCN(CCO)C(=O)C(C)NC(N)=O. The quantitative estimate of drug-likeness (QED) is 0.559. The van der Waals surface area contributed by atoms with Gasteiger partial charge in [0.25, 0.3) is 0 Å². The van der Waals surface area contributed by atoms with Gasteiger partial charge in [-0.3, -0.25) is 4.79 Å². The maximum Gasteiger partial charge on any atom is 0.312 e. The first-order chi connectivity index (χ1) is 7.52. The van der Waals surface area contributed by atoms with E-state index in [4.69, 9.17) is 10.8 Å². The number of hydrogen-bond acceptors (Lipinski definition) is 3. The van der Waals surface area contributed by atoms with Crippen molar-refractivity contribution >= 4 is 11.9 Å². The van der Waals surface area contributed by atoms with Gasteiger partial charge in [0.05, 0.1) is 6.61 Å². The van der Waals surface area contributed by atoms with Gasteiger partial charge < -0.3 is 21.1 Å². The van der Waals surface area contributed by atoms with Crippen molar-refractivity contribution in [2.24, 2.45) is 5.73 Å². The van der Waals surface area contributed by atoms with E-state index >= 15 is 0 Å². The number of nitrogens with two attached hydrogens (primary N) is 1. The second-order valence-corrected chi connectivity index (χ2v) is 3.63. The van der Waals surface area contributed by atoms with E-state index < -0.39 is 12.1 Å². The fraction of sp³-hybridized carbons (Fsp3) is 0.800. The van der Waals surface area contributed by atoms with E-state index in [9.17, 15) is 9.59 Å². The first-order valence-electron chi connectivity index (χ1n) is 5.48. The zero-order chi connectivity index (χ0) is 12.6. The Bertz CT molecular complexity index is 233. The van der Waals surface area contributed by atoms with Crippen molar-refractivity contribution < 1.29 is 14.7 Å². The minimum absolute atomic E-state index is 0.0846. The standard InChI is InChI=1S/C10H21N3O3/c1-3-4-5-13(6-7-14)9(15)8(2)12-10(11)16/h8,14H,3-7H2,1-2H3,(H3,11,12,16). The molecule has 1 unspecified atom stereocenters. The third-order valence-corrected chi connectivity index (χ3v) is 2.19. The van der Waals surface area contributed by atoms with Crippen LogP contribution in [-0.4, -0.2) is 47.7 Å². The summed E-state index contributed by atoms with van der Waals surface area (Å²) < 4.78 is 0. The Hall–Kier alpha value is -1.30. The van der Waals surface area contributed by atoms with E-state index in [-0.39, 0.29) is 19.1 Å². The predicted octanol–water partition coefficient (Wildman–Crippen LogP) is -0.336. The summed E-state index contributed by atoms with van der Waals surface area (Å²) in [6.45, 7) is 4.37. The summed E-state index contributed by atoms with van der Waals surface area (Å²) in [7, 11) is 0. The first-order valence-corrected chi connectivity index (χ1v) is 5.48. The molecule has 1 atom stereocenters. The zero-order valence-electron chi connectivity index (χ0n) is 9.90. The largest absolute Gasteiger partial charge is 0.395 e. The van der Waals surface area contributed by atoms with Crippen molar-refractivity contribution in [2.45, 2.75) is 32.7 Å². The molecule has 0 spiro atoms. The molecule has 0 rings (SSSR count). The molecule has 6 nitrogen and oxygen atoms in total. The zero-order valence-corrected chi connectivity index (χ0v) is 9.90. The minimum Gasteiger partial charge on any atom is -0.395 e. The van der Waals surface area contributed by atoms with Gasteiger partial charge in [0.2, 0.25) is 5.91 Å². The van der Waals surface area contributed by atoms with E-state index in [0.717, 1.165) is 12.8 Å². The van der Waals surface area contributed by atoms with Gasteiger partial charge in [-0.05, 0) is 13.3 Å². The minimum atomic E-state index is -0.722.